The number of aromatic hydroxyl groups is 1. The SMILES string of the molecule is O=C(/C=C/c1ccccc1O)Nc1ccccn1. The van der Waals surface area contributed by atoms with Crippen LogP contribution in [-0.4, -0.2) is 16.0 Å². The molecule has 1 amide bonds. The number of phenols is 1. The highest BCUT2D eigenvalue weighted by Gasteiger charge is 1.99. The average Bonchev–Trinajstić information content (AvgIpc) is 2.39. The van der Waals surface area contributed by atoms with Crippen molar-refractivity contribution in [1.29, 1.82) is 0 Å². The van der Waals surface area contributed by atoms with Gasteiger partial charge >= 0.3 is 0 Å². The molecule has 0 aliphatic rings. The van der Waals surface area contributed by atoms with Crippen LogP contribution in [0, 0.1) is 0 Å². The first-order valence-corrected chi connectivity index (χ1v) is 5.44. The molecule has 2 rings (SSSR count). The van der Waals surface area contributed by atoms with Crippen molar-refractivity contribution in [2.24, 2.45) is 0 Å². The van der Waals surface area contributed by atoms with Crippen LogP contribution in [0.2, 0.25) is 0 Å². The van der Waals surface area contributed by atoms with Crippen LogP contribution in [-0.2, 0) is 4.79 Å². The Morgan fingerprint density at radius 1 is 1.17 bits per heavy atom. The predicted octanol–water partition coefficient (Wildman–Crippen LogP) is 2.44. The molecule has 1 heterocycles. The van der Waals surface area contributed by atoms with E-state index in [1.807, 2.05) is 0 Å². The molecule has 0 atom stereocenters. The molecule has 0 saturated heterocycles. The zero-order chi connectivity index (χ0) is 12.8. The van der Waals surface area contributed by atoms with Gasteiger partial charge in [-0.05, 0) is 24.3 Å². The summed E-state index contributed by atoms with van der Waals surface area (Å²) in [7, 11) is 0. The number of carbonyl (C=O) groups is 1. The Hall–Kier alpha value is -2.62. The molecule has 2 N–H and O–H groups in total. The summed E-state index contributed by atoms with van der Waals surface area (Å²) in [5.41, 5.74) is 0.591. The van der Waals surface area contributed by atoms with Crippen LogP contribution in [0.1, 0.15) is 5.56 Å². The Kier molecular flexibility index (Phi) is 3.71. The monoisotopic (exact) mass is 240 g/mol. The first-order chi connectivity index (χ1) is 8.75. The second-order valence-corrected chi connectivity index (χ2v) is 3.60. The fraction of sp³-hybridized carbons (Fsp3) is 0. The van der Waals surface area contributed by atoms with Gasteiger partial charge in [-0.2, -0.15) is 0 Å². The maximum Gasteiger partial charge on any atom is 0.249 e. The van der Waals surface area contributed by atoms with Crippen molar-refractivity contribution in [2.75, 3.05) is 5.32 Å². The number of nitrogens with zero attached hydrogens (tertiary/aromatic N) is 1. The number of anilines is 1. The van der Waals surface area contributed by atoms with E-state index in [0.717, 1.165) is 0 Å². The van der Waals surface area contributed by atoms with Gasteiger partial charge in [0.2, 0.25) is 5.91 Å². The maximum atomic E-state index is 11.6. The van der Waals surface area contributed by atoms with Gasteiger partial charge in [0.15, 0.2) is 0 Å². The molecule has 0 bridgehead atoms. The molecule has 0 spiro atoms. The molecule has 4 heteroatoms. The Balaban J connectivity index is 2.02. The van der Waals surface area contributed by atoms with Crippen molar-refractivity contribution in [1.82, 2.24) is 4.98 Å². The minimum atomic E-state index is -0.294. The molecule has 0 aliphatic heterocycles. The lowest BCUT2D eigenvalue weighted by Gasteiger charge is -2.00. The van der Waals surface area contributed by atoms with Crippen LogP contribution in [0.5, 0.6) is 5.75 Å². The van der Waals surface area contributed by atoms with Crippen molar-refractivity contribution in [3.63, 3.8) is 0 Å². The highest BCUT2D eigenvalue weighted by molar-refractivity contribution is 6.01. The number of aromatic nitrogens is 1. The number of nitrogens with one attached hydrogen (secondary N) is 1. The molecule has 90 valence electrons. The van der Waals surface area contributed by atoms with Crippen molar-refractivity contribution in [2.45, 2.75) is 0 Å². The lowest BCUT2D eigenvalue weighted by molar-refractivity contribution is -0.111. The summed E-state index contributed by atoms with van der Waals surface area (Å²) in [6.45, 7) is 0. The summed E-state index contributed by atoms with van der Waals surface area (Å²) < 4.78 is 0. The number of carbonyl (C=O) groups excluding carboxylic acids is 1. The summed E-state index contributed by atoms with van der Waals surface area (Å²) in [5, 5.41) is 12.1. The Labute approximate surface area is 105 Å². The lowest BCUT2D eigenvalue weighted by atomic mass is 10.2. The third kappa shape index (κ3) is 3.18. The van der Waals surface area contributed by atoms with Crippen LogP contribution >= 0.6 is 0 Å². The smallest absolute Gasteiger partial charge is 0.249 e. The Morgan fingerprint density at radius 2 is 1.94 bits per heavy atom. The summed E-state index contributed by atoms with van der Waals surface area (Å²) >= 11 is 0. The van der Waals surface area contributed by atoms with E-state index in [2.05, 4.69) is 10.3 Å². The molecule has 0 saturated carbocycles. The maximum absolute atomic E-state index is 11.6. The van der Waals surface area contributed by atoms with Crippen LogP contribution in [0.3, 0.4) is 0 Å². The van der Waals surface area contributed by atoms with E-state index >= 15 is 0 Å². The summed E-state index contributed by atoms with van der Waals surface area (Å²) in [6.07, 6.45) is 4.50. The highest BCUT2D eigenvalue weighted by Crippen LogP contribution is 2.16. The molecule has 4 nitrogen and oxygen atoms in total. The Bertz CT molecular complexity index is 565. The van der Waals surface area contributed by atoms with E-state index < -0.39 is 0 Å². The second-order valence-electron chi connectivity index (χ2n) is 3.60. The van der Waals surface area contributed by atoms with E-state index in [1.165, 1.54) is 6.08 Å². The second kappa shape index (κ2) is 5.63. The van der Waals surface area contributed by atoms with Gasteiger partial charge in [0.05, 0.1) is 0 Å². The summed E-state index contributed by atoms with van der Waals surface area (Å²) in [4.78, 5) is 15.6. The summed E-state index contributed by atoms with van der Waals surface area (Å²) in [5.74, 6) is 0.334. The van der Waals surface area contributed by atoms with Gasteiger partial charge in [0.1, 0.15) is 11.6 Å². The van der Waals surface area contributed by atoms with E-state index in [9.17, 15) is 9.90 Å². The number of amides is 1. The molecule has 0 radical (unpaired) electrons. The zero-order valence-corrected chi connectivity index (χ0v) is 9.58. The van der Waals surface area contributed by atoms with Crippen LogP contribution < -0.4 is 5.32 Å². The normalized spacial score (nSPS) is 10.4. The van der Waals surface area contributed by atoms with Gasteiger partial charge in [-0.25, -0.2) is 4.98 Å². The van der Waals surface area contributed by atoms with Crippen LogP contribution in [0.25, 0.3) is 6.08 Å². The number of benzene rings is 1. The van der Waals surface area contributed by atoms with Gasteiger partial charge in [-0.15, -0.1) is 0 Å². The molecule has 0 fully saturated rings. The zero-order valence-electron chi connectivity index (χ0n) is 9.58. The van der Waals surface area contributed by atoms with E-state index in [4.69, 9.17) is 0 Å². The van der Waals surface area contributed by atoms with E-state index in [1.54, 1.807) is 54.7 Å². The molecule has 1 aromatic heterocycles. The third-order valence-corrected chi connectivity index (χ3v) is 2.27. The van der Waals surface area contributed by atoms with Crippen molar-refractivity contribution >= 4 is 17.8 Å². The average molecular weight is 240 g/mol. The van der Waals surface area contributed by atoms with Gasteiger partial charge in [0, 0.05) is 17.8 Å². The molecule has 0 aliphatic carbocycles. The first-order valence-electron chi connectivity index (χ1n) is 5.44. The number of rotatable bonds is 3. The van der Waals surface area contributed by atoms with Gasteiger partial charge in [-0.3, -0.25) is 4.79 Å². The van der Waals surface area contributed by atoms with Crippen LogP contribution in [0.15, 0.2) is 54.7 Å². The van der Waals surface area contributed by atoms with Crippen molar-refractivity contribution in [3.05, 3.63) is 60.3 Å². The summed E-state index contributed by atoms with van der Waals surface area (Å²) in [6, 6.07) is 12.1. The molecule has 0 unspecified atom stereocenters. The minimum absolute atomic E-state index is 0.138. The highest BCUT2D eigenvalue weighted by atomic mass is 16.3. The number of hydrogen-bond donors (Lipinski definition) is 2. The molecular weight excluding hydrogens is 228 g/mol. The van der Waals surface area contributed by atoms with Gasteiger partial charge in [-0.1, -0.05) is 24.3 Å². The minimum Gasteiger partial charge on any atom is -0.507 e. The molecule has 18 heavy (non-hydrogen) atoms. The van der Waals surface area contributed by atoms with E-state index in [-0.39, 0.29) is 11.7 Å². The standard InChI is InChI=1S/C14H12N2O2/c17-12-6-2-1-5-11(12)8-9-14(18)16-13-7-3-4-10-15-13/h1-10,17H,(H,15,16,18)/b9-8+. The first kappa shape index (κ1) is 11.9. The number of para-hydroxylation sites is 1. The lowest BCUT2D eigenvalue weighted by Crippen LogP contribution is -2.08. The quantitative estimate of drug-likeness (QED) is 0.810. The fourth-order valence-electron chi connectivity index (χ4n) is 1.40. The number of phenolic OH excluding ortho intramolecular Hbond substituents is 1. The molecule has 1 aromatic carbocycles. The van der Waals surface area contributed by atoms with Crippen LogP contribution in [0.4, 0.5) is 5.82 Å². The third-order valence-electron chi connectivity index (χ3n) is 2.27. The van der Waals surface area contributed by atoms with Gasteiger partial charge in [0.25, 0.3) is 0 Å². The van der Waals surface area contributed by atoms with E-state index in [0.29, 0.717) is 11.4 Å². The topological polar surface area (TPSA) is 62.2 Å². The predicted molar refractivity (Wildman–Crippen MR) is 70.0 cm³/mol. The number of hydrogen-bond acceptors (Lipinski definition) is 3. The molecule has 2 aromatic rings. The fourth-order valence-corrected chi connectivity index (χ4v) is 1.40. The van der Waals surface area contributed by atoms with Crippen molar-refractivity contribution in [3.8, 4) is 5.75 Å². The molecular formula is C14H12N2O2. The Morgan fingerprint density at radius 3 is 2.67 bits per heavy atom. The van der Waals surface area contributed by atoms with Crippen molar-refractivity contribution < 1.29 is 9.90 Å². The number of pyridine rings is 1. The largest absolute Gasteiger partial charge is 0.507 e. The van der Waals surface area contributed by atoms with Gasteiger partial charge < -0.3 is 10.4 Å².